The van der Waals surface area contributed by atoms with Gasteiger partial charge in [-0.3, -0.25) is 9.05 Å². The average Bonchev–Trinajstić information content (AvgIpc) is 3.04. The molecule has 0 rings (SSSR count). The third kappa shape index (κ3) is 33.5. The summed E-state index contributed by atoms with van der Waals surface area (Å²) >= 11 is 0. The largest absolute Gasteiger partial charge is 0.472 e. The Kier molecular flexibility index (Phi) is 30.0. The number of ether oxygens (including phenoxy) is 4. The van der Waals surface area contributed by atoms with Crippen molar-refractivity contribution in [3.63, 3.8) is 0 Å². The molecule has 0 radical (unpaired) electrons. The molecule has 0 aromatic carbocycles. The van der Waals surface area contributed by atoms with Gasteiger partial charge in [-0.25, -0.2) is 14.2 Å². The molecule has 50 heavy (non-hydrogen) atoms. The van der Waals surface area contributed by atoms with Gasteiger partial charge in [0.05, 0.1) is 47.6 Å². The first kappa shape index (κ1) is 48.4. The summed E-state index contributed by atoms with van der Waals surface area (Å²) in [5.41, 5.74) is 0.883. The Bertz CT molecular complexity index is 952. The van der Waals surface area contributed by atoms with Gasteiger partial charge in [-0.1, -0.05) is 103 Å². The van der Waals surface area contributed by atoms with Crippen LogP contribution in [0.2, 0.25) is 0 Å². The number of nitrogens with zero attached hydrogens (tertiary/aromatic N) is 1. The normalized spacial score (nSPS) is 13.5. The van der Waals surface area contributed by atoms with Gasteiger partial charge in [-0.2, -0.15) is 0 Å². The van der Waals surface area contributed by atoms with Gasteiger partial charge in [0.1, 0.15) is 19.3 Å². The van der Waals surface area contributed by atoms with E-state index in [2.05, 4.69) is 13.2 Å². The highest BCUT2D eigenvalue weighted by atomic mass is 31.2. The van der Waals surface area contributed by atoms with E-state index in [0.29, 0.717) is 55.2 Å². The number of unbranched alkanes of at least 4 members (excludes halogenated alkanes) is 16. The monoisotopic (exact) mass is 734 g/mol. The van der Waals surface area contributed by atoms with Gasteiger partial charge in [-0.15, -0.1) is 0 Å². The summed E-state index contributed by atoms with van der Waals surface area (Å²) in [6.07, 6.45) is 19.2. The molecule has 12 heteroatoms. The molecule has 0 aliphatic carbocycles. The molecular weight excluding hydrogens is 661 g/mol. The topological polar surface area (TPSA) is 127 Å². The lowest BCUT2D eigenvalue weighted by atomic mass is 10.1. The van der Waals surface area contributed by atoms with Crippen LogP contribution in [0.3, 0.4) is 0 Å². The van der Waals surface area contributed by atoms with Crippen molar-refractivity contribution >= 4 is 19.8 Å². The lowest BCUT2D eigenvalue weighted by molar-refractivity contribution is -0.870. The molecule has 2 atom stereocenters. The van der Waals surface area contributed by atoms with Crippen molar-refractivity contribution in [3.05, 3.63) is 24.3 Å². The smallest absolute Gasteiger partial charge is 0.462 e. The molecular formula is C38H73NO10P+. The molecule has 0 aliphatic rings. The Hall–Kier alpha value is -1.59. The van der Waals surface area contributed by atoms with Gasteiger partial charge in [0.2, 0.25) is 0 Å². The van der Waals surface area contributed by atoms with Gasteiger partial charge < -0.3 is 28.3 Å². The number of quaternary nitrogens is 1. The highest BCUT2D eigenvalue weighted by Gasteiger charge is 2.25. The number of hydrogen-bond donors (Lipinski definition) is 1. The number of rotatable bonds is 36. The van der Waals surface area contributed by atoms with Crippen LogP contribution < -0.4 is 0 Å². The lowest BCUT2D eigenvalue weighted by Crippen LogP contribution is -2.37. The van der Waals surface area contributed by atoms with Crippen LogP contribution in [0.15, 0.2) is 24.3 Å². The first-order valence-corrected chi connectivity index (χ1v) is 20.5. The molecule has 0 aromatic rings. The molecule has 0 bridgehead atoms. The van der Waals surface area contributed by atoms with Crippen LogP contribution in [-0.4, -0.2) is 101 Å². The molecule has 11 nitrogen and oxygen atoms in total. The van der Waals surface area contributed by atoms with Crippen LogP contribution in [0.5, 0.6) is 0 Å². The predicted molar refractivity (Wildman–Crippen MR) is 200 cm³/mol. The highest BCUT2D eigenvalue weighted by Crippen LogP contribution is 2.43. The summed E-state index contributed by atoms with van der Waals surface area (Å²) in [5.74, 6) is -0.620. The molecule has 0 aromatic heterocycles. The van der Waals surface area contributed by atoms with Crippen LogP contribution in [0, 0.1) is 0 Å². The van der Waals surface area contributed by atoms with Crippen LogP contribution in [0.25, 0.3) is 0 Å². The van der Waals surface area contributed by atoms with E-state index in [9.17, 15) is 19.0 Å². The zero-order valence-electron chi connectivity index (χ0n) is 32.4. The third-order valence-electron chi connectivity index (χ3n) is 7.98. The van der Waals surface area contributed by atoms with Crippen LogP contribution in [0.1, 0.15) is 129 Å². The van der Waals surface area contributed by atoms with Crippen LogP contribution >= 0.6 is 7.82 Å². The van der Waals surface area contributed by atoms with E-state index in [4.69, 9.17) is 28.0 Å². The first-order valence-electron chi connectivity index (χ1n) is 19.0. The number of phosphoric acid groups is 1. The third-order valence-corrected chi connectivity index (χ3v) is 8.97. The van der Waals surface area contributed by atoms with E-state index in [-0.39, 0.29) is 25.2 Å². The molecule has 0 saturated heterocycles. The second-order valence-corrected chi connectivity index (χ2v) is 15.8. The maximum atomic E-state index is 12.4. The molecule has 1 N–H and O–H groups in total. The Labute approximate surface area is 304 Å². The van der Waals surface area contributed by atoms with Crippen molar-refractivity contribution in [2.24, 2.45) is 0 Å². The second kappa shape index (κ2) is 31.0. The lowest BCUT2D eigenvalue weighted by Gasteiger charge is -2.24. The maximum Gasteiger partial charge on any atom is 0.472 e. The minimum atomic E-state index is -4.18. The number of carbonyl (C=O) groups excluding carboxylic acids is 2. The van der Waals surface area contributed by atoms with Crippen molar-refractivity contribution < 1.29 is 51.5 Å². The molecule has 0 saturated carbocycles. The number of phosphoric ester groups is 1. The molecule has 294 valence electrons. The number of carbonyl (C=O) groups is 2. The van der Waals surface area contributed by atoms with Crippen LogP contribution in [-0.2, 0) is 42.1 Å². The molecule has 0 aliphatic heterocycles. The van der Waals surface area contributed by atoms with Crippen molar-refractivity contribution in [2.75, 3.05) is 73.9 Å². The second-order valence-electron chi connectivity index (χ2n) is 14.4. The van der Waals surface area contributed by atoms with Gasteiger partial charge in [0.15, 0.2) is 0 Å². The van der Waals surface area contributed by atoms with E-state index in [0.717, 1.165) is 77.0 Å². The Morgan fingerprint density at radius 3 is 1.36 bits per heavy atom. The molecule has 0 heterocycles. The standard InChI is InChI=1S/C38H72NO10P/c1-34(2)37(40)46-29-24-20-16-12-8-10-14-18-22-27-44-32-36(33-49-50(42,43)48-31-26-39(5,6)7)45-28-23-19-15-11-9-13-17-21-25-30-47-38(41)35(3)4/h36H,1,3,8-33H2,2,4-7H3/p+1/t36-/m1/s1. The fourth-order valence-electron chi connectivity index (χ4n) is 4.82. The molecule has 0 fully saturated rings. The van der Waals surface area contributed by atoms with E-state index in [1.807, 2.05) is 21.1 Å². The summed E-state index contributed by atoms with van der Waals surface area (Å²) in [5, 5.41) is 0. The van der Waals surface area contributed by atoms with E-state index < -0.39 is 13.9 Å². The minimum Gasteiger partial charge on any atom is -0.462 e. The van der Waals surface area contributed by atoms with Crippen molar-refractivity contribution in [2.45, 2.75) is 136 Å². The molecule has 1 unspecified atom stereocenters. The summed E-state index contributed by atoms with van der Waals surface area (Å²) < 4.78 is 45.7. The average molecular weight is 735 g/mol. The fraction of sp³-hybridized carbons (Fsp3) is 0.842. The minimum absolute atomic E-state index is 0.0686. The Balaban J connectivity index is 4.15. The highest BCUT2D eigenvalue weighted by molar-refractivity contribution is 7.47. The summed E-state index contributed by atoms with van der Waals surface area (Å²) in [4.78, 5) is 32.9. The number of hydrogen-bond acceptors (Lipinski definition) is 9. The Morgan fingerprint density at radius 1 is 0.580 bits per heavy atom. The summed E-state index contributed by atoms with van der Waals surface area (Å²) in [7, 11) is 1.78. The Morgan fingerprint density at radius 2 is 0.960 bits per heavy atom. The van der Waals surface area contributed by atoms with Crippen molar-refractivity contribution in [1.29, 1.82) is 0 Å². The zero-order valence-corrected chi connectivity index (χ0v) is 33.3. The molecule has 0 spiro atoms. The van der Waals surface area contributed by atoms with E-state index in [1.54, 1.807) is 13.8 Å². The summed E-state index contributed by atoms with van der Waals surface area (Å²) in [6, 6.07) is 0. The molecule has 0 amide bonds. The summed E-state index contributed by atoms with van der Waals surface area (Å²) in [6.45, 7) is 13.5. The van der Waals surface area contributed by atoms with Crippen LogP contribution in [0.4, 0.5) is 0 Å². The van der Waals surface area contributed by atoms with Gasteiger partial charge >= 0.3 is 19.8 Å². The van der Waals surface area contributed by atoms with E-state index >= 15 is 0 Å². The zero-order chi connectivity index (χ0) is 37.5. The number of esters is 2. The number of likely N-dealkylation sites (N-methyl/N-ethyl adjacent to an activating group) is 1. The maximum absolute atomic E-state index is 12.4. The van der Waals surface area contributed by atoms with Crippen molar-refractivity contribution in [1.82, 2.24) is 0 Å². The predicted octanol–water partition coefficient (Wildman–Crippen LogP) is 8.49. The van der Waals surface area contributed by atoms with Gasteiger partial charge in [-0.05, 0) is 39.5 Å². The van der Waals surface area contributed by atoms with Gasteiger partial charge in [0, 0.05) is 24.4 Å². The SMILES string of the molecule is C=C(C)C(=O)OCCCCCCCCCCCOC[C@H](COP(=O)(O)OCC[N+](C)(C)C)OCCCCCCCCCCCOC(=O)C(=C)C. The van der Waals surface area contributed by atoms with E-state index in [1.165, 1.54) is 38.5 Å². The van der Waals surface area contributed by atoms with Gasteiger partial charge in [0.25, 0.3) is 0 Å². The fourth-order valence-corrected chi connectivity index (χ4v) is 5.56. The first-order chi connectivity index (χ1) is 23.7. The quantitative estimate of drug-likeness (QED) is 0.0220. The van der Waals surface area contributed by atoms with Crippen molar-refractivity contribution in [3.8, 4) is 0 Å².